The predicted octanol–water partition coefficient (Wildman–Crippen LogP) is 2.09. The van der Waals surface area contributed by atoms with Crippen LogP contribution in [0.5, 0.6) is 0 Å². The average Bonchev–Trinajstić information content (AvgIpc) is 1.87. The minimum atomic E-state index is -2.91. The molecule has 0 saturated carbocycles. The van der Waals surface area contributed by atoms with Gasteiger partial charge in [0.2, 0.25) is 0 Å². The molecule has 11 heavy (non-hydrogen) atoms. The summed E-state index contributed by atoms with van der Waals surface area (Å²) in [7, 11) is -2.91. The Morgan fingerprint density at radius 1 is 1.55 bits per heavy atom. The van der Waals surface area contributed by atoms with E-state index in [1.807, 2.05) is 6.92 Å². The topological polar surface area (TPSA) is 34.1 Å². The molecule has 0 bridgehead atoms. The van der Waals surface area contributed by atoms with Crippen molar-refractivity contribution in [2.45, 2.75) is 11.8 Å². The third kappa shape index (κ3) is 7.03. The minimum Gasteiger partial charge on any atom is -0.228 e. The van der Waals surface area contributed by atoms with Crippen LogP contribution in [0.3, 0.4) is 0 Å². The fourth-order valence-corrected chi connectivity index (χ4v) is 1.70. The molecule has 0 aliphatic heterocycles. The van der Waals surface area contributed by atoms with Gasteiger partial charge in [0.1, 0.15) is 4.66 Å². The summed E-state index contributed by atoms with van der Waals surface area (Å²) in [4.78, 5) is 0.230. The molecule has 0 aliphatic rings. The number of sulfone groups is 1. The molecule has 0 rings (SSSR count). The fraction of sp³-hybridized carbons (Fsp3) is 0.667. The van der Waals surface area contributed by atoms with E-state index in [1.54, 1.807) is 12.2 Å². The number of hydrogen-bond acceptors (Lipinski definition) is 2. The normalized spacial score (nSPS) is 15.5. The molecule has 1 unspecified atom stereocenters. The van der Waals surface area contributed by atoms with E-state index < -0.39 is 9.84 Å². The van der Waals surface area contributed by atoms with Crippen molar-refractivity contribution >= 4 is 41.7 Å². The van der Waals surface area contributed by atoms with E-state index in [2.05, 4.69) is 31.9 Å². The summed E-state index contributed by atoms with van der Waals surface area (Å²) in [5.41, 5.74) is 0. The Labute approximate surface area is 84.2 Å². The van der Waals surface area contributed by atoms with Crippen LogP contribution in [0.4, 0.5) is 0 Å². The quantitative estimate of drug-likeness (QED) is 0.589. The van der Waals surface area contributed by atoms with E-state index >= 15 is 0 Å². The van der Waals surface area contributed by atoms with E-state index in [0.29, 0.717) is 0 Å². The van der Waals surface area contributed by atoms with Crippen molar-refractivity contribution in [1.29, 1.82) is 0 Å². The van der Waals surface area contributed by atoms with Crippen molar-refractivity contribution in [3.63, 3.8) is 0 Å². The summed E-state index contributed by atoms with van der Waals surface area (Å²) in [6.07, 6.45) is 3.45. The van der Waals surface area contributed by atoms with Gasteiger partial charge in [-0.05, 0) is 6.92 Å². The Morgan fingerprint density at radius 3 is 2.45 bits per heavy atom. The molecule has 0 radical (unpaired) electrons. The molecule has 0 heterocycles. The number of hydrogen-bond donors (Lipinski definition) is 0. The third-order valence-electron chi connectivity index (χ3n) is 0.918. The predicted molar refractivity (Wildman–Crippen MR) is 55.1 cm³/mol. The van der Waals surface area contributed by atoms with Crippen molar-refractivity contribution in [3.8, 4) is 0 Å². The Kier molecular flexibility index (Phi) is 5.64. The summed E-state index contributed by atoms with van der Waals surface area (Å²) < 4.78 is 21.8. The first-order chi connectivity index (χ1) is 4.98. The van der Waals surface area contributed by atoms with Crippen LogP contribution < -0.4 is 0 Å². The zero-order valence-electron chi connectivity index (χ0n) is 6.13. The summed E-state index contributed by atoms with van der Waals surface area (Å²) in [6.45, 7) is 1.93. The van der Waals surface area contributed by atoms with Gasteiger partial charge >= 0.3 is 0 Å². The van der Waals surface area contributed by atoms with E-state index in [9.17, 15) is 8.42 Å². The van der Waals surface area contributed by atoms with E-state index in [4.69, 9.17) is 0 Å². The van der Waals surface area contributed by atoms with Gasteiger partial charge in [-0.1, -0.05) is 44.0 Å². The van der Waals surface area contributed by atoms with Crippen LogP contribution in [0.2, 0.25) is 0 Å². The molecule has 0 fully saturated rings. The zero-order valence-corrected chi connectivity index (χ0v) is 10.1. The Balaban J connectivity index is 3.89. The summed E-state index contributed by atoms with van der Waals surface area (Å²) in [5.74, 6) is 0.105. The fourth-order valence-electron chi connectivity index (χ4n) is 0.434. The smallest absolute Gasteiger partial charge is 0.163 e. The molecule has 5 heteroatoms. The average molecular weight is 306 g/mol. The van der Waals surface area contributed by atoms with E-state index in [1.165, 1.54) is 0 Å². The van der Waals surface area contributed by atoms with E-state index in [-0.39, 0.29) is 15.2 Å². The second-order valence-corrected chi connectivity index (χ2v) is 6.98. The van der Waals surface area contributed by atoms with Gasteiger partial charge in [0, 0.05) is 4.83 Å². The second kappa shape index (κ2) is 5.32. The highest BCUT2D eigenvalue weighted by Gasteiger charge is 2.04. The van der Waals surface area contributed by atoms with Crippen molar-refractivity contribution in [2.75, 3.05) is 10.4 Å². The first-order valence-electron chi connectivity index (χ1n) is 3.05. The number of alkyl halides is 2. The molecular formula is C6H10Br2O2S. The van der Waals surface area contributed by atoms with Crippen molar-refractivity contribution in [1.82, 2.24) is 0 Å². The third-order valence-corrected chi connectivity index (χ3v) is 4.35. The highest BCUT2D eigenvalue weighted by Crippen LogP contribution is 2.01. The monoisotopic (exact) mass is 304 g/mol. The molecule has 0 saturated heterocycles. The van der Waals surface area contributed by atoms with Crippen molar-refractivity contribution in [2.24, 2.45) is 0 Å². The largest absolute Gasteiger partial charge is 0.228 e. The number of allylic oxidation sites excluding steroid dienone is 1. The maximum atomic E-state index is 10.9. The van der Waals surface area contributed by atoms with Crippen LogP contribution in [0.15, 0.2) is 12.2 Å². The standard InChI is InChI=1S/C6H10Br2O2S/c1-6(8)3-2-4-11(9,10)5-7/h2-3,6H,4-5H2,1H3. The van der Waals surface area contributed by atoms with Gasteiger partial charge in [0.05, 0.1) is 5.75 Å². The lowest BCUT2D eigenvalue weighted by molar-refractivity contribution is 0.604. The van der Waals surface area contributed by atoms with Gasteiger partial charge < -0.3 is 0 Å². The van der Waals surface area contributed by atoms with Crippen LogP contribution >= 0.6 is 31.9 Å². The lowest BCUT2D eigenvalue weighted by atomic mass is 10.4. The first kappa shape index (κ1) is 11.6. The highest BCUT2D eigenvalue weighted by molar-refractivity contribution is 9.10. The van der Waals surface area contributed by atoms with Gasteiger partial charge in [0.15, 0.2) is 9.84 Å². The Hall–Kier alpha value is 0.650. The highest BCUT2D eigenvalue weighted by atomic mass is 79.9. The van der Waals surface area contributed by atoms with Crippen LogP contribution in [0, 0.1) is 0 Å². The number of halogens is 2. The summed E-state index contributed by atoms with van der Waals surface area (Å²) in [6, 6.07) is 0. The summed E-state index contributed by atoms with van der Waals surface area (Å²) >= 11 is 6.18. The Bertz CT molecular complexity index is 219. The molecule has 1 atom stereocenters. The maximum Gasteiger partial charge on any atom is 0.163 e. The van der Waals surface area contributed by atoms with Crippen LogP contribution in [-0.4, -0.2) is 23.7 Å². The summed E-state index contributed by atoms with van der Waals surface area (Å²) in [5, 5.41) is 0. The number of rotatable bonds is 4. The van der Waals surface area contributed by atoms with Crippen molar-refractivity contribution < 1.29 is 8.42 Å². The minimum absolute atomic E-state index is 0.0288. The molecule has 0 aromatic heterocycles. The molecule has 0 aliphatic carbocycles. The molecule has 0 amide bonds. The zero-order chi connectivity index (χ0) is 8.91. The van der Waals surface area contributed by atoms with Gasteiger partial charge in [-0.15, -0.1) is 0 Å². The molecule has 0 spiro atoms. The van der Waals surface area contributed by atoms with E-state index in [0.717, 1.165) is 0 Å². The SMILES string of the molecule is CC(Br)C=CCS(=O)(=O)CBr. The van der Waals surface area contributed by atoms with Crippen LogP contribution in [-0.2, 0) is 9.84 Å². The first-order valence-corrected chi connectivity index (χ1v) is 6.91. The molecule has 0 aromatic rings. The van der Waals surface area contributed by atoms with Crippen molar-refractivity contribution in [3.05, 3.63) is 12.2 Å². The maximum absolute atomic E-state index is 10.9. The van der Waals surface area contributed by atoms with Gasteiger partial charge in [-0.2, -0.15) is 0 Å². The molecule has 0 aromatic carbocycles. The van der Waals surface area contributed by atoms with Crippen LogP contribution in [0.25, 0.3) is 0 Å². The van der Waals surface area contributed by atoms with Gasteiger partial charge in [0.25, 0.3) is 0 Å². The van der Waals surface area contributed by atoms with Gasteiger partial charge in [-0.3, -0.25) is 0 Å². The second-order valence-electron chi connectivity index (χ2n) is 2.13. The van der Waals surface area contributed by atoms with Crippen LogP contribution in [0.1, 0.15) is 6.92 Å². The lowest BCUT2D eigenvalue weighted by Crippen LogP contribution is -2.04. The Morgan fingerprint density at radius 2 is 2.09 bits per heavy atom. The molecule has 0 N–H and O–H groups in total. The molecule has 66 valence electrons. The molecule has 2 nitrogen and oxygen atoms in total. The lowest BCUT2D eigenvalue weighted by Gasteiger charge is -1.94. The van der Waals surface area contributed by atoms with Gasteiger partial charge in [-0.25, -0.2) is 8.42 Å². The molecular weight excluding hydrogens is 296 g/mol.